The summed E-state index contributed by atoms with van der Waals surface area (Å²) in [5, 5.41) is 19.7. The number of carbonyl (C=O) groups excluding carboxylic acids is 9. The first-order valence-electron chi connectivity index (χ1n) is 28.7. The highest BCUT2D eigenvalue weighted by atomic mass is 35.5. The fraction of sp³-hybridized carbons (Fsp3) is 0.583. The maximum absolute atomic E-state index is 14.3. The molecule has 4 fully saturated rings. The molecule has 0 spiro atoms. The molecule has 2 aromatic carbocycles. The van der Waals surface area contributed by atoms with E-state index in [1.54, 1.807) is 50.2 Å². The number of carbonyl (C=O) groups is 9. The van der Waals surface area contributed by atoms with Gasteiger partial charge in [0.25, 0.3) is 5.91 Å². The number of methoxy groups -OCH3 is 2. The molecule has 22 nitrogen and oxygen atoms in total. The highest BCUT2D eigenvalue weighted by molar-refractivity contribution is 8.00. The van der Waals surface area contributed by atoms with Gasteiger partial charge in [-0.1, -0.05) is 54.5 Å². The van der Waals surface area contributed by atoms with Crippen LogP contribution in [0.15, 0.2) is 54.1 Å². The molecule has 1 aliphatic carbocycles. The van der Waals surface area contributed by atoms with Crippen molar-refractivity contribution in [2.45, 2.75) is 145 Å². The van der Waals surface area contributed by atoms with Crippen LogP contribution < -0.4 is 25.6 Å². The molecular weight excluding hydrogens is 1130 g/mol. The predicted octanol–water partition coefficient (Wildman–Crippen LogP) is 4.63. The molecule has 4 N–H and O–H groups in total. The van der Waals surface area contributed by atoms with Crippen LogP contribution in [0.1, 0.15) is 106 Å². The average Bonchev–Trinajstić information content (AvgIpc) is 1.84. The van der Waals surface area contributed by atoms with Crippen LogP contribution in [0.3, 0.4) is 0 Å². The SMILES string of the molecule is COc1cc2cc(c1Cl)N(C)C(=O)C[C@H](OC(=O)[C@H](C)N(C)C(=O)CCSC1CC(=O)N(CCNC(=O)C3CCC(CNC(=O)CCc4ccc5c(c4)CN(C)C5=O)CC3)C1=O)C1OC1C(C)C1CC(O)(NC(=O)O1)C(OC)/C=C/C=C(\C)C2. The fourth-order valence-corrected chi connectivity index (χ4v) is 13.1. The van der Waals surface area contributed by atoms with E-state index in [0.717, 1.165) is 51.8 Å². The van der Waals surface area contributed by atoms with Crippen LogP contribution in [-0.2, 0) is 71.9 Å². The Morgan fingerprint density at radius 1 is 0.988 bits per heavy atom. The molecule has 84 heavy (non-hydrogen) atoms. The number of allylic oxidation sites excluding steroid dienone is 3. The molecule has 5 heterocycles. The summed E-state index contributed by atoms with van der Waals surface area (Å²) in [7, 11) is 7.62. The molecule has 24 heteroatoms. The van der Waals surface area contributed by atoms with Crippen molar-refractivity contribution in [3.63, 3.8) is 0 Å². The minimum Gasteiger partial charge on any atom is -0.495 e. The van der Waals surface area contributed by atoms with Crippen molar-refractivity contribution in [2.75, 3.05) is 65.6 Å². The second-order valence-corrected chi connectivity index (χ2v) is 24.6. The quantitative estimate of drug-likeness (QED) is 0.0900. The molecule has 3 saturated heterocycles. The normalized spacial score (nSPS) is 28.5. The van der Waals surface area contributed by atoms with E-state index in [9.17, 15) is 48.3 Å². The Morgan fingerprint density at radius 2 is 1.74 bits per heavy atom. The lowest BCUT2D eigenvalue weighted by Crippen LogP contribution is -2.63. The number of hydrogen-bond donors (Lipinski definition) is 4. The third-order valence-electron chi connectivity index (χ3n) is 17.1. The summed E-state index contributed by atoms with van der Waals surface area (Å²) < 4.78 is 29.1. The number of thioether (sulfide) groups is 1. The Labute approximate surface area is 499 Å². The molecule has 8 amide bonds. The van der Waals surface area contributed by atoms with Gasteiger partial charge in [0, 0.05) is 103 Å². The summed E-state index contributed by atoms with van der Waals surface area (Å²) >= 11 is 7.96. The zero-order chi connectivity index (χ0) is 60.7. The van der Waals surface area contributed by atoms with Gasteiger partial charge in [-0.25, -0.2) is 9.59 Å². The van der Waals surface area contributed by atoms with Crippen LogP contribution in [0.25, 0.3) is 0 Å². The molecule has 2 aromatic rings. The number of nitrogens with zero attached hydrogens (tertiary/aromatic N) is 4. The number of aliphatic hydroxyl groups is 1. The van der Waals surface area contributed by atoms with Gasteiger partial charge in [-0.3, -0.25) is 43.8 Å². The summed E-state index contributed by atoms with van der Waals surface area (Å²) in [5.41, 5.74) is 2.82. The molecule has 456 valence electrons. The number of nitrogens with one attached hydrogen (secondary N) is 3. The molecule has 0 radical (unpaired) electrons. The molecule has 4 bridgehead atoms. The number of halogens is 1. The average molecular weight is 1200 g/mol. The second kappa shape index (κ2) is 27.7. The van der Waals surface area contributed by atoms with Gasteiger partial charge in [0.2, 0.25) is 35.4 Å². The maximum Gasteiger partial charge on any atom is 0.409 e. The summed E-state index contributed by atoms with van der Waals surface area (Å²) in [6.07, 6.45) is 3.22. The van der Waals surface area contributed by atoms with Gasteiger partial charge < -0.3 is 54.1 Å². The number of hydrogen-bond acceptors (Lipinski definition) is 16. The summed E-state index contributed by atoms with van der Waals surface area (Å²) in [6.45, 7) is 6.34. The molecule has 9 atom stereocenters. The number of fused-ring (bicyclic) bond motifs is 6. The van der Waals surface area contributed by atoms with Crippen LogP contribution in [0, 0.1) is 17.8 Å². The number of imide groups is 1. The Kier molecular flexibility index (Phi) is 20.9. The lowest BCUT2D eigenvalue weighted by molar-refractivity contribution is -0.159. The molecule has 1 saturated carbocycles. The first-order valence-corrected chi connectivity index (χ1v) is 30.1. The van der Waals surface area contributed by atoms with E-state index in [1.165, 1.54) is 38.0 Å². The number of anilines is 1. The van der Waals surface area contributed by atoms with E-state index >= 15 is 0 Å². The molecule has 0 aromatic heterocycles. The maximum atomic E-state index is 14.3. The van der Waals surface area contributed by atoms with Crippen molar-refractivity contribution < 1.29 is 71.9 Å². The van der Waals surface area contributed by atoms with E-state index in [-0.39, 0.29) is 85.0 Å². The van der Waals surface area contributed by atoms with Crippen LogP contribution >= 0.6 is 23.4 Å². The van der Waals surface area contributed by atoms with Crippen molar-refractivity contribution in [3.8, 4) is 5.75 Å². The Bertz CT molecular complexity index is 2930. The van der Waals surface area contributed by atoms with Gasteiger partial charge in [0.1, 0.15) is 41.2 Å². The third-order valence-corrected chi connectivity index (χ3v) is 18.7. The summed E-state index contributed by atoms with van der Waals surface area (Å²) in [4.78, 5) is 125. The standard InChI is InChI=1S/C60H78ClN7O15S/c1-33-10-9-11-47(80-8)60(78)30-45(82-59(77)64-60)34(2)53-54(83-53)44(28-50(71)67(6)42-26-38(24-33)27-43(79-7)52(42)61)81-58(76)35(3)66(5)49(70)20-23-84-46-29-51(72)68(57(46)75)22-21-62-55(73)39-16-12-37(13-17-39)31-63-48(69)19-15-36-14-18-41-40(25-36)32-65(4)56(41)74/h9-11,14,18,25-27,34-35,37,39,44-47,53-54,78H,12-13,15-17,19-24,28-32H2,1-8H3,(H,62,73)(H,63,69)(H,64,77)/b11-9+,33-10+/t34?,35-,37?,39?,44-,45?,46?,47?,53?,54?,60?/m0/s1. The highest BCUT2D eigenvalue weighted by Crippen LogP contribution is 2.42. The van der Waals surface area contributed by atoms with Crippen molar-refractivity contribution >= 4 is 82.5 Å². The molecule has 6 aliphatic rings. The van der Waals surface area contributed by atoms with E-state index in [1.807, 2.05) is 31.2 Å². The van der Waals surface area contributed by atoms with Crippen molar-refractivity contribution in [1.82, 2.24) is 30.7 Å². The fourth-order valence-electron chi connectivity index (χ4n) is 11.7. The zero-order valence-corrected chi connectivity index (χ0v) is 50.5. The smallest absolute Gasteiger partial charge is 0.409 e. The number of aryl methyl sites for hydroxylation is 1. The van der Waals surface area contributed by atoms with Crippen molar-refractivity contribution in [2.24, 2.45) is 17.8 Å². The van der Waals surface area contributed by atoms with Gasteiger partial charge in [0.15, 0.2) is 5.72 Å². The Hall–Kier alpha value is -6.53. The van der Waals surface area contributed by atoms with E-state index in [0.29, 0.717) is 62.2 Å². The Morgan fingerprint density at radius 3 is 2.46 bits per heavy atom. The van der Waals surface area contributed by atoms with Crippen LogP contribution in [0.5, 0.6) is 5.75 Å². The van der Waals surface area contributed by atoms with Gasteiger partial charge in [0.05, 0.1) is 30.6 Å². The van der Waals surface area contributed by atoms with E-state index in [2.05, 4.69) is 16.0 Å². The molecule has 8 rings (SSSR count). The van der Waals surface area contributed by atoms with Crippen LogP contribution in [0.4, 0.5) is 10.5 Å². The largest absolute Gasteiger partial charge is 0.495 e. The lowest BCUT2D eigenvalue weighted by atomic mass is 9.81. The summed E-state index contributed by atoms with van der Waals surface area (Å²) in [6, 6.07) is 8.11. The third kappa shape index (κ3) is 15.1. The number of esters is 1. The number of alkyl carbamates (subject to hydrolysis) is 1. The van der Waals surface area contributed by atoms with Gasteiger partial charge >= 0.3 is 12.1 Å². The topological polar surface area (TPSA) is 272 Å². The second-order valence-electron chi connectivity index (χ2n) is 23.0. The first-order chi connectivity index (χ1) is 40.0. The molecule has 5 aliphatic heterocycles. The Balaban J connectivity index is 0.793. The minimum atomic E-state index is -1.88. The van der Waals surface area contributed by atoms with Gasteiger partial charge in [-0.2, -0.15) is 0 Å². The monoisotopic (exact) mass is 1200 g/mol. The van der Waals surface area contributed by atoms with Gasteiger partial charge in [-0.05, 0) is 93.2 Å². The number of ether oxygens (including phenoxy) is 5. The van der Waals surface area contributed by atoms with Gasteiger partial charge in [-0.15, -0.1) is 11.8 Å². The van der Waals surface area contributed by atoms with Crippen LogP contribution in [0.2, 0.25) is 5.02 Å². The first kappa shape index (κ1) is 63.5. The van der Waals surface area contributed by atoms with Crippen LogP contribution in [-0.4, -0.2) is 182 Å². The lowest BCUT2D eigenvalue weighted by Gasteiger charge is -2.41. The molecule has 7 unspecified atom stereocenters. The number of benzene rings is 2. The van der Waals surface area contributed by atoms with E-state index in [4.69, 9.17) is 35.3 Å². The zero-order valence-electron chi connectivity index (χ0n) is 48.9. The number of amides is 8. The number of epoxide rings is 1. The number of rotatable bonds is 18. The summed E-state index contributed by atoms with van der Waals surface area (Å²) in [5.74, 6) is -2.79. The van der Waals surface area contributed by atoms with E-state index < -0.39 is 83.2 Å². The minimum absolute atomic E-state index is 0.00686. The highest BCUT2D eigenvalue weighted by Gasteiger charge is 2.56. The van der Waals surface area contributed by atoms with Crippen molar-refractivity contribution in [1.29, 1.82) is 0 Å². The number of likely N-dealkylation sites (N-methyl/N-ethyl adjacent to an activating group) is 1. The molecular formula is C60H78ClN7O15S. The number of likely N-dealkylation sites (tertiary alicyclic amines) is 1. The predicted molar refractivity (Wildman–Crippen MR) is 311 cm³/mol. The van der Waals surface area contributed by atoms with Crippen molar-refractivity contribution in [3.05, 3.63) is 81.4 Å².